The summed E-state index contributed by atoms with van der Waals surface area (Å²) in [5.41, 5.74) is 3.74. The van der Waals surface area contributed by atoms with Gasteiger partial charge in [0, 0.05) is 34.5 Å². The Morgan fingerprint density at radius 1 is 1.26 bits per heavy atom. The zero-order valence-corrected chi connectivity index (χ0v) is 15.4. The summed E-state index contributed by atoms with van der Waals surface area (Å²) in [6.07, 6.45) is 3.09. The lowest BCUT2D eigenvalue weighted by Gasteiger charge is -2.12. The number of carbonyl (C=O) groups excluding carboxylic acids is 1. The monoisotopic (exact) mass is 364 g/mol. The second kappa shape index (κ2) is 6.89. The van der Waals surface area contributed by atoms with E-state index < -0.39 is 5.97 Å². The molecule has 0 aliphatic carbocycles. The van der Waals surface area contributed by atoms with Gasteiger partial charge in [0.05, 0.1) is 30.7 Å². The number of aromatic amines is 1. The van der Waals surface area contributed by atoms with Crippen molar-refractivity contribution in [3.8, 4) is 11.3 Å². The van der Waals surface area contributed by atoms with Gasteiger partial charge >= 0.3 is 5.97 Å². The topological polar surface area (TPSA) is 77.4 Å². The van der Waals surface area contributed by atoms with Gasteiger partial charge in [-0.1, -0.05) is 0 Å². The van der Waals surface area contributed by atoms with E-state index in [2.05, 4.69) is 9.97 Å². The highest BCUT2D eigenvalue weighted by molar-refractivity contribution is 6.12. The second-order valence-electron chi connectivity index (χ2n) is 6.62. The molecule has 3 aromatic heterocycles. The fourth-order valence-corrected chi connectivity index (χ4v) is 3.29. The van der Waals surface area contributed by atoms with Crippen molar-refractivity contribution < 1.29 is 18.7 Å². The Hall–Kier alpha value is -3.12. The van der Waals surface area contributed by atoms with Gasteiger partial charge in [0.2, 0.25) is 0 Å². The summed E-state index contributed by atoms with van der Waals surface area (Å²) in [6, 6.07) is 9.81. The van der Waals surface area contributed by atoms with Gasteiger partial charge in [0.1, 0.15) is 5.76 Å². The van der Waals surface area contributed by atoms with E-state index >= 15 is 0 Å². The Balaban J connectivity index is 1.96. The van der Waals surface area contributed by atoms with Gasteiger partial charge in [-0.3, -0.25) is 0 Å². The number of H-pyrrole nitrogens is 1. The molecule has 27 heavy (non-hydrogen) atoms. The van der Waals surface area contributed by atoms with E-state index in [4.69, 9.17) is 13.9 Å². The molecule has 0 aliphatic rings. The van der Waals surface area contributed by atoms with Crippen LogP contribution in [-0.4, -0.2) is 29.2 Å². The summed E-state index contributed by atoms with van der Waals surface area (Å²) in [5.74, 6) is 0.337. The molecule has 1 N–H and O–H groups in total. The zero-order valence-electron chi connectivity index (χ0n) is 15.4. The average molecular weight is 364 g/mol. The summed E-state index contributed by atoms with van der Waals surface area (Å²) >= 11 is 0. The number of hydrogen-bond acceptors (Lipinski definition) is 5. The number of aromatic nitrogens is 2. The Bertz CT molecular complexity index is 1110. The maximum Gasteiger partial charge on any atom is 0.357 e. The number of nitrogens with zero attached hydrogens (tertiary/aromatic N) is 1. The largest absolute Gasteiger partial charge is 0.464 e. The number of carbonyl (C=O) groups is 1. The molecule has 3 heterocycles. The molecule has 0 radical (unpaired) electrons. The first-order valence-corrected chi connectivity index (χ1v) is 8.75. The number of nitrogens with one attached hydrogen (secondary N) is 1. The van der Waals surface area contributed by atoms with Gasteiger partial charge in [0.15, 0.2) is 5.69 Å². The van der Waals surface area contributed by atoms with Crippen LogP contribution in [0.5, 0.6) is 0 Å². The molecule has 1 aromatic carbocycles. The van der Waals surface area contributed by atoms with Crippen LogP contribution in [-0.2, 0) is 16.1 Å². The van der Waals surface area contributed by atoms with Crippen molar-refractivity contribution in [3.63, 3.8) is 0 Å². The smallest absolute Gasteiger partial charge is 0.357 e. The standard InChI is InChI=1S/C21H20N2O4/c1-12(2)27-21(24)20-15(11-25-3)19-14-9-13(18-5-4-8-26-18)6-7-16(14)23-17(19)10-22-20/h4-10,12,23H,11H2,1-3H3. The summed E-state index contributed by atoms with van der Waals surface area (Å²) in [5, 5.41) is 1.89. The number of rotatable bonds is 5. The molecule has 0 amide bonds. The van der Waals surface area contributed by atoms with Crippen molar-refractivity contribution >= 4 is 27.8 Å². The first kappa shape index (κ1) is 17.3. The van der Waals surface area contributed by atoms with E-state index in [1.54, 1.807) is 19.6 Å². The van der Waals surface area contributed by atoms with Crippen molar-refractivity contribution in [2.24, 2.45) is 0 Å². The van der Waals surface area contributed by atoms with Crippen LogP contribution in [0.4, 0.5) is 0 Å². The van der Waals surface area contributed by atoms with Crippen molar-refractivity contribution in [3.05, 3.63) is 54.0 Å². The summed E-state index contributed by atoms with van der Waals surface area (Å²) in [7, 11) is 1.60. The number of furan rings is 1. The maximum absolute atomic E-state index is 12.5. The summed E-state index contributed by atoms with van der Waals surface area (Å²) < 4.78 is 16.3. The van der Waals surface area contributed by atoms with Crippen LogP contribution in [0.15, 0.2) is 47.2 Å². The molecule has 0 saturated heterocycles. The van der Waals surface area contributed by atoms with Crippen LogP contribution in [0.1, 0.15) is 29.9 Å². The third-order valence-corrected chi connectivity index (χ3v) is 4.37. The second-order valence-corrected chi connectivity index (χ2v) is 6.62. The van der Waals surface area contributed by atoms with Gasteiger partial charge < -0.3 is 18.9 Å². The van der Waals surface area contributed by atoms with E-state index in [-0.39, 0.29) is 18.4 Å². The van der Waals surface area contributed by atoms with Crippen LogP contribution in [0.25, 0.3) is 33.1 Å². The van der Waals surface area contributed by atoms with Gasteiger partial charge in [-0.25, -0.2) is 9.78 Å². The molecule has 6 nitrogen and oxygen atoms in total. The molecule has 0 bridgehead atoms. The highest BCUT2D eigenvalue weighted by atomic mass is 16.5. The predicted molar refractivity (Wildman–Crippen MR) is 103 cm³/mol. The minimum Gasteiger partial charge on any atom is -0.464 e. The summed E-state index contributed by atoms with van der Waals surface area (Å²) in [4.78, 5) is 20.2. The van der Waals surface area contributed by atoms with Crippen molar-refractivity contribution in [1.29, 1.82) is 0 Å². The quantitative estimate of drug-likeness (QED) is 0.520. The third-order valence-electron chi connectivity index (χ3n) is 4.37. The fraction of sp³-hybridized carbons (Fsp3) is 0.238. The normalized spacial score (nSPS) is 11.6. The first-order valence-electron chi connectivity index (χ1n) is 8.75. The molecule has 4 aromatic rings. The number of fused-ring (bicyclic) bond motifs is 3. The van der Waals surface area contributed by atoms with E-state index in [1.807, 2.05) is 44.2 Å². The molecular weight excluding hydrogens is 344 g/mol. The Labute approximate surface area is 156 Å². The highest BCUT2D eigenvalue weighted by Crippen LogP contribution is 2.33. The molecular formula is C21H20N2O4. The Kier molecular flexibility index (Phi) is 4.41. The summed E-state index contributed by atoms with van der Waals surface area (Å²) in [6.45, 7) is 3.88. The maximum atomic E-state index is 12.5. The number of hydrogen-bond donors (Lipinski definition) is 1. The van der Waals surface area contributed by atoms with Gasteiger partial charge in [-0.2, -0.15) is 0 Å². The molecule has 6 heteroatoms. The molecule has 0 fully saturated rings. The number of pyridine rings is 1. The van der Waals surface area contributed by atoms with Crippen molar-refractivity contribution in [1.82, 2.24) is 9.97 Å². The predicted octanol–water partition coefficient (Wildman–Crippen LogP) is 4.69. The lowest BCUT2D eigenvalue weighted by Crippen LogP contribution is -2.15. The molecule has 138 valence electrons. The van der Waals surface area contributed by atoms with Crippen LogP contribution in [0.3, 0.4) is 0 Å². The zero-order chi connectivity index (χ0) is 19.0. The van der Waals surface area contributed by atoms with Gasteiger partial charge in [-0.15, -0.1) is 0 Å². The van der Waals surface area contributed by atoms with E-state index in [9.17, 15) is 4.79 Å². The average Bonchev–Trinajstić information content (AvgIpc) is 3.28. The lowest BCUT2D eigenvalue weighted by molar-refractivity contribution is 0.0366. The highest BCUT2D eigenvalue weighted by Gasteiger charge is 2.21. The molecule has 0 aliphatic heterocycles. The van der Waals surface area contributed by atoms with E-state index in [1.165, 1.54) is 0 Å². The lowest BCUT2D eigenvalue weighted by atomic mass is 10.0. The van der Waals surface area contributed by atoms with E-state index in [0.29, 0.717) is 5.56 Å². The van der Waals surface area contributed by atoms with Gasteiger partial charge in [-0.05, 0) is 44.2 Å². The van der Waals surface area contributed by atoms with Crippen LogP contribution in [0, 0.1) is 0 Å². The van der Waals surface area contributed by atoms with Crippen LogP contribution in [0.2, 0.25) is 0 Å². The SMILES string of the molecule is COCc1c(C(=O)OC(C)C)ncc2[nH]c3ccc(-c4ccco4)cc3c12. The molecule has 4 rings (SSSR count). The first-order chi connectivity index (χ1) is 13.1. The van der Waals surface area contributed by atoms with Crippen LogP contribution < -0.4 is 0 Å². The van der Waals surface area contributed by atoms with Crippen molar-refractivity contribution in [2.75, 3.05) is 7.11 Å². The van der Waals surface area contributed by atoms with E-state index in [0.717, 1.165) is 33.1 Å². The number of benzene rings is 1. The minimum absolute atomic E-state index is 0.223. The Morgan fingerprint density at radius 3 is 2.81 bits per heavy atom. The molecule has 0 saturated carbocycles. The number of methoxy groups -OCH3 is 1. The molecule has 0 spiro atoms. The molecule has 0 atom stereocenters. The van der Waals surface area contributed by atoms with Crippen molar-refractivity contribution in [2.45, 2.75) is 26.6 Å². The number of esters is 1. The molecule has 0 unspecified atom stereocenters. The number of ether oxygens (including phenoxy) is 2. The van der Waals surface area contributed by atoms with Gasteiger partial charge in [0.25, 0.3) is 0 Å². The fourth-order valence-electron chi connectivity index (χ4n) is 3.29. The third kappa shape index (κ3) is 3.08. The minimum atomic E-state index is -0.449. The van der Waals surface area contributed by atoms with Crippen LogP contribution >= 0.6 is 0 Å². The Morgan fingerprint density at radius 2 is 2.11 bits per heavy atom.